The van der Waals surface area contributed by atoms with Crippen molar-refractivity contribution in [1.29, 1.82) is 0 Å². The Hall–Kier alpha value is -0.710. The summed E-state index contributed by atoms with van der Waals surface area (Å²) in [4.78, 5) is 4.44. The maximum absolute atomic E-state index is 4.44. The summed E-state index contributed by atoms with van der Waals surface area (Å²) in [7, 11) is 0. The molecule has 4 heteroatoms. The van der Waals surface area contributed by atoms with Crippen molar-refractivity contribution in [1.82, 2.24) is 10.3 Å². The number of thiazole rings is 1. The van der Waals surface area contributed by atoms with Crippen LogP contribution in [0.5, 0.6) is 0 Å². The number of aryl methyl sites for hydroxylation is 1. The third kappa shape index (κ3) is 3.40. The van der Waals surface area contributed by atoms with Crippen LogP contribution in [0.2, 0.25) is 0 Å². The van der Waals surface area contributed by atoms with E-state index in [1.165, 1.54) is 10.6 Å². The molecule has 2 nitrogen and oxygen atoms in total. The molecule has 2 rings (SSSR count). The molecule has 16 heavy (non-hydrogen) atoms. The highest BCUT2D eigenvalue weighted by atomic mass is 32.1. The van der Waals surface area contributed by atoms with E-state index >= 15 is 0 Å². The van der Waals surface area contributed by atoms with E-state index in [1.807, 2.05) is 6.92 Å². The van der Waals surface area contributed by atoms with Gasteiger partial charge in [0, 0.05) is 23.7 Å². The van der Waals surface area contributed by atoms with E-state index in [0.29, 0.717) is 6.04 Å². The number of thiophene rings is 1. The van der Waals surface area contributed by atoms with E-state index in [9.17, 15) is 0 Å². The second-order valence-corrected chi connectivity index (χ2v) is 5.72. The van der Waals surface area contributed by atoms with Crippen LogP contribution in [0.4, 0.5) is 0 Å². The fourth-order valence-electron chi connectivity index (χ4n) is 1.58. The zero-order valence-corrected chi connectivity index (χ0v) is 11.2. The molecule has 0 radical (unpaired) electrons. The van der Waals surface area contributed by atoms with Gasteiger partial charge in [0.1, 0.15) is 5.01 Å². The summed E-state index contributed by atoms with van der Waals surface area (Å²) in [5.41, 5.74) is 2.53. The summed E-state index contributed by atoms with van der Waals surface area (Å²) in [5, 5.41) is 11.1. The SMILES string of the molecule is Cc1csc(CNC(C)Cc2ccsc2)n1. The zero-order valence-electron chi connectivity index (χ0n) is 9.56. The molecule has 0 aliphatic carbocycles. The average Bonchev–Trinajstić information content (AvgIpc) is 2.87. The van der Waals surface area contributed by atoms with Gasteiger partial charge in [-0.05, 0) is 42.7 Å². The van der Waals surface area contributed by atoms with E-state index in [4.69, 9.17) is 0 Å². The Kier molecular flexibility index (Phi) is 4.09. The maximum atomic E-state index is 4.44. The molecule has 1 atom stereocenters. The second-order valence-electron chi connectivity index (χ2n) is 4.00. The molecule has 0 saturated heterocycles. The molecular formula is C12H16N2S2. The van der Waals surface area contributed by atoms with Crippen molar-refractivity contribution in [3.63, 3.8) is 0 Å². The molecule has 2 aromatic rings. The topological polar surface area (TPSA) is 24.9 Å². The van der Waals surface area contributed by atoms with Crippen molar-refractivity contribution in [2.45, 2.75) is 32.9 Å². The molecule has 0 spiro atoms. The summed E-state index contributed by atoms with van der Waals surface area (Å²) >= 11 is 3.49. The predicted octanol–water partition coefficient (Wildman–Crippen LogP) is 3.23. The van der Waals surface area contributed by atoms with Crippen LogP contribution >= 0.6 is 22.7 Å². The first-order chi connectivity index (χ1) is 7.74. The van der Waals surface area contributed by atoms with Gasteiger partial charge in [-0.2, -0.15) is 11.3 Å². The molecule has 0 amide bonds. The van der Waals surface area contributed by atoms with Crippen LogP contribution in [0, 0.1) is 6.92 Å². The molecule has 0 aliphatic rings. The molecule has 0 fully saturated rings. The molecule has 1 N–H and O–H groups in total. The Labute approximate surface area is 104 Å². The summed E-state index contributed by atoms with van der Waals surface area (Å²) in [6.07, 6.45) is 1.09. The van der Waals surface area contributed by atoms with Gasteiger partial charge < -0.3 is 5.32 Å². The molecule has 1 unspecified atom stereocenters. The van der Waals surface area contributed by atoms with E-state index in [1.54, 1.807) is 22.7 Å². The fourth-order valence-corrected chi connectivity index (χ4v) is 2.98. The second kappa shape index (κ2) is 5.57. The van der Waals surface area contributed by atoms with Crippen LogP contribution in [0.15, 0.2) is 22.2 Å². The van der Waals surface area contributed by atoms with Gasteiger partial charge in [-0.15, -0.1) is 11.3 Å². The fraction of sp³-hybridized carbons (Fsp3) is 0.417. The number of hydrogen-bond donors (Lipinski definition) is 1. The Bertz CT molecular complexity index is 420. The maximum Gasteiger partial charge on any atom is 0.107 e. The smallest absolute Gasteiger partial charge is 0.107 e. The minimum atomic E-state index is 0.499. The number of nitrogens with zero attached hydrogens (tertiary/aromatic N) is 1. The largest absolute Gasteiger partial charge is 0.308 e. The van der Waals surface area contributed by atoms with E-state index in [-0.39, 0.29) is 0 Å². The molecule has 0 aliphatic heterocycles. The van der Waals surface area contributed by atoms with Gasteiger partial charge >= 0.3 is 0 Å². The van der Waals surface area contributed by atoms with Crippen LogP contribution in [-0.2, 0) is 13.0 Å². The first-order valence-corrected chi connectivity index (χ1v) is 7.22. The van der Waals surface area contributed by atoms with Crippen LogP contribution in [0.3, 0.4) is 0 Å². The number of nitrogens with one attached hydrogen (secondary N) is 1. The summed E-state index contributed by atoms with van der Waals surface area (Å²) < 4.78 is 0. The third-order valence-electron chi connectivity index (χ3n) is 2.39. The molecule has 86 valence electrons. The molecular weight excluding hydrogens is 236 g/mol. The van der Waals surface area contributed by atoms with Crippen molar-refractivity contribution in [3.8, 4) is 0 Å². The van der Waals surface area contributed by atoms with Crippen molar-refractivity contribution < 1.29 is 0 Å². The van der Waals surface area contributed by atoms with Gasteiger partial charge in [0.05, 0.1) is 0 Å². The highest BCUT2D eigenvalue weighted by Gasteiger charge is 2.05. The first-order valence-electron chi connectivity index (χ1n) is 5.39. The van der Waals surface area contributed by atoms with Crippen LogP contribution in [0.25, 0.3) is 0 Å². The predicted molar refractivity (Wildman–Crippen MR) is 71.2 cm³/mol. The minimum Gasteiger partial charge on any atom is -0.308 e. The van der Waals surface area contributed by atoms with Crippen molar-refractivity contribution in [2.75, 3.05) is 0 Å². The van der Waals surface area contributed by atoms with Crippen LogP contribution < -0.4 is 5.32 Å². The van der Waals surface area contributed by atoms with E-state index in [0.717, 1.165) is 18.7 Å². The standard InChI is InChI=1S/C12H16N2S2/c1-9(5-11-3-4-15-8-11)13-6-12-14-10(2)7-16-12/h3-4,7-9,13H,5-6H2,1-2H3. The lowest BCUT2D eigenvalue weighted by molar-refractivity contribution is 0.544. The van der Waals surface area contributed by atoms with Gasteiger partial charge in [-0.3, -0.25) is 0 Å². The molecule has 2 heterocycles. The monoisotopic (exact) mass is 252 g/mol. The Morgan fingerprint density at radius 1 is 1.44 bits per heavy atom. The average molecular weight is 252 g/mol. The normalized spacial score (nSPS) is 12.9. The Morgan fingerprint density at radius 3 is 2.94 bits per heavy atom. The van der Waals surface area contributed by atoms with Crippen LogP contribution in [-0.4, -0.2) is 11.0 Å². The molecule has 0 saturated carbocycles. The lowest BCUT2D eigenvalue weighted by Crippen LogP contribution is -2.27. The summed E-state index contributed by atoms with van der Waals surface area (Å²) in [6, 6.07) is 2.69. The van der Waals surface area contributed by atoms with Crippen molar-refractivity contribution >= 4 is 22.7 Å². The lowest BCUT2D eigenvalue weighted by Gasteiger charge is -2.11. The van der Waals surface area contributed by atoms with Gasteiger partial charge in [0.2, 0.25) is 0 Å². The first kappa shape index (κ1) is 11.8. The van der Waals surface area contributed by atoms with Gasteiger partial charge in [0.25, 0.3) is 0 Å². The van der Waals surface area contributed by atoms with Crippen LogP contribution in [0.1, 0.15) is 23.2 Å². The summed E-state index contributed by atoms with van der Waals surface area (Å²) in [6.45, 7) is 5.14. The van der Waals surface area contributed by atoms with Crippen molar-refractivity contribution in [2.24, 2.45) is 0 Å². The molecule has 2 aromatic heterocycles. The van der Waals surface area contributed by atoms with E-state index in [2.05, 4.69) is 39.4 Å². The number of hydrogen-bond acceptors (Lipinski definition) is 4. The Morgan fingerprint density at radius 2 is 2.31 bits per heavy atom. The molecule has 0 aromatic carbocycles. The summed E-state index contributed by atoms with van der Waals surface area (Å²) in [5.74, 6) is 0. The van der Waals surface area contributed by atoms with Gasteiger partial charge in [-0.1, -0.05) is 0 Å². The number of aromatic nitrogens is 1. The minimum absolute atomic E-state index is 0.499. The lowest BCUT2D eigenvalue weighted by atomic mass is 10.1. The third-order valence-corrected chi connectivity index (χ3v) is 4.09. The van der Waals surface area contributed by atoms with Crippen molar-refractivity contribution in [3.05, 3.63) is 38.5 Å². The Balaban J connectivity index is 1.77. The van der Waals surface area contributed by atoms with E-state index < -0.39 is 0 Å². The molecule has 0 bridgehead atoms. The van der Waals surface area contributed by atoms with Gasteiger partial charge in [-0.25, -0.2) is 4.98 Å². The highest BCUT2D eigenvalue weighted by molar-refractivity contribution is 7.09. The highest BCUT2D eigenvalue weighted by Crippen LogP contribution is 2.11. The number of rotatable bonds is 5. The quantitative estimate of drug-likeness (QED) is 0.883. The zero-order chi connectivity index (χ0) is 11.4. The van der Waals surface area contributed by atoms with Gasteiger partial charge in [0.15, 0.2) is 0 Å².